The Hall–Kier alpha value is -6.90. The fourth-order valence-corrected chi connectivity index (χ4v) is 7.76. The van der Waals surface area contributed by atoms with E-state index in [4.69, 9.17) is 0 Å². The minimum absolute atomic E-state index is 1.11. The number of nitrogens with zero attached hydrogens (tertiary/aromatic N) is 2. The van der Waals surface area contributed by atoms with Crippen LogP contribution >= 0.6 is 0 Å². The maximum Gasteiger partial charge on any atom is 0.0561 e. The van der Waals surface area contributed by atoms with Crippen LogP contribution < -0.4 is 4.90 Å². The van der Waals surface area contributed by atoms with Gasteiger partial charge in [-0.3, -0.25) is 0 Å². The van der Waals surface area contributed by atoms with Crippen molar-refractivity contribution in [3.8, 4) is 27.9 Å². The van der Waals surface area contributed by atoms with Gasteiger partial charge in [-0.05, 0) is 117 Å². The van der Waals surface area contributed by atoms with Crippen LogP contribution in [-0.4, -0.2) is 4.57 Å². The predicted octanol–water partition coefficient (Wildman–Crippen LogP) is 13.9. The topological polar surface area (TPSA) is 8.17 Å². The molecule has 0 unspecified atom stereocenters. The molecule has 0 aliphatic carbocycles. The molecule has 0 N–H and O–H groups in total. The number of hydrogen-bond acceptors (Lipinski definition) is 1. The monoisotopic (exact) mass is 662 g/mol. The Morgan fingerprint density at radius 3 is 1.52 bits per heavy atom. The maximum atomic E-state index is 2.38. The molecule has 0 radical (unpaired) electrons. The standard InChI is InChI=1S/C50H34N2/c1-3-13-43(14-4-1)51(46-29-30-48-47-17-9-10-18-49(47)52(50(48)34-46)44-15-5-2-6-16-44)45-27-25-36(26-28-45)39-22-20-37-21-24-41(33-42(37)32-39)40-23-19-35-11-7-8-12-38(35)31-40/h1-34H. The van der Waals surface area contributed by atoms with Crippen molar-refractivity contribution in [3.63, 3.8) is 0 Å². The van der Waals surface area contributed by atoms with E-state index in [1.165, 1.54) is 65.6 Å². The molecule has 2 nitrogen and oxygen atoms in total. The zero-order chi connectivity index (χ0) is 34.4. The van der Waals surface area contributed by atoms with Crippen LogP contribution in [0.4, 0.5) is 17.1 Å². The molecule has 2 heteroatoms. The van der Waals surface area contributed by atoms with Crippen LogP contribution in [0.1, 0.15) is 0 Å². The highest BCUT2D eigenvalue weighted by atomic mass is 15.1. The number of hydrogen-bond donors (Lipinski definition) is 0. The van der Waals surface area contributed by atoms with Gasteiger partial charge in [0, 0.05) is 33.5 Å². The van der Waals surface area contributed by atoms with E-state index in [-0.39, 0.29) is 0 Å². The van der Waals surface area contributed by atoms with E-state index >= 15 is 0 Å². The summed E-state index contributed by atoms with van der Waals surface area (Å²) in [6.07, 6.45) is 0. The summed E-state index contributed by atoms with van der Waals surface area (Å²) >= 11 is 0. The molecule has 244 valence electrons. The highest BCUT2D eigenvalue weighted by Gasteiger charge is 2.17. The molecule has 0 amide bonds. The first-order valence-electron chi connectivity index (χ1n) is 17.8. The summed E-state index contributed by atoms with van der Waals surface area (Å²) in [4.78, 5) is 2.35. The predicted molar refractivity (Wildman–Crippen MR) is 221 cm³/mol. The van der Waals surface area contributed by atoms with E-state index in [1.807, 2.05) is 0 Å². The molecular weight excluding hydrogens is 629 g/mol. The van der Waals surface area contributed by atoms with Crippen LogP contribution in [-0.2, 0) is 0 Å². The molecule has 0 fully saturated rings. The number of rotatable bonds is 6. The van der Waals surface area contributed by atoms with E-state index in [2.05, 4.69) is 216 Å². The summed E-state index contributed by atoms with van der Waals surface area (Å²) in [6, 6.07) is 74.7. The van der Waals surface area contributed by atoms with E-state index in [9.17, 15) is 0 Å². The number of benzene rings is 9. The lowest BCUT2D eigenvalue weighted by Crippen LogP contribution is -2.10. The smallest absolute Gasteiger partial charge is 0.0561 e. The average molecular weight is 663 g/mol. The van der Waals surface area contributed by atoms with Crippen molar-refractivity contribution in [1.82, 2.24) is 4.57 Å². The highest BCUT2D eigenvalue weighted by molar-refractivity contribution is 6.10. The van der Waals surface area contributed by atoms with Crippen LogP contribution in [0.2, 0.25) is 0 Å². The number of fused-ring (bicyclic) bond motifs is 5. The molecule has 1 heterocycles. The van der Waals surface area contributed by atoms with Crippen LogP contribution in [0.25, 0.3) is 71.3 Å². The number of aromatic nitrogens is 1. The fraction of sp³-hybridized carbons (Fsp3) is 0. The van der Waals surface area contributed by atoms with E-state index in [0.29, 0.717) is 0 Å². The Morgan fingerprint density at radius 2 is 0.788 bits per heavy atom. The minimum atomic E-state index is 1.11. The Balaban J connectivity index is 1.04. The lowest BCUT2D eigenvalue weighted by molar-refractivity contribution is 1.18. The van der Waals surface area contributed by atoms with Crippen LogP contribution in [0.15, 0.2) is 206 Å². The molecule has 52 heavy (non-hydrogen) atoms. The molecule has 0 saturated carbocycles. The second-order valence-electron chi connectivity index (χ2n) is 13.4. The molecule has 0 saturated heterocycles. The van der Waals surface area contributed by atoms with Gasteiger partial charge in [0.2, 0.25) is 0 Å². The quantitative estimate of drug-likeness (QED) is 0.172. The fourth-order valence-electron chi connectivity index (χ4n) is 7.76. The second-order valence-corrected chi connectivity index (χ2v) is 13.4. The summed E-state index contributed by atoms with van der Waals surface area (Å²) in [6.45, 7) is 0. The van der Waals surface area contributed by atoms with Gasteiger partial charge in [0.05, 0.1) is 11.0 Å². The van der Waals surface area contributed by atoms with Crippen molar-refractivity contribution >= 4 is 60.4 Å². The van der Waals surface area contributed by atoms with Crippen molar-refractivity contribution < 1.29 is 0 Å². The first-order chi connectivity index (χ1) is 25.8. The lowest BCUT2D eigenvalue weighted by atomic mass is 9.96. The van der Waals surface area contributed by atoms with Gasteiger partial charge < -0.3 is 9.47 Å². The van der Waals surface area contributed by atoms with Crippen molar-refractivity contribution in [3.05, 3.63) is 206 Å². The Bertz CT molecular complexity index is 2890. The molecule has 1 aromatic heterocycles. The molecule has 0 aliphatic heterocycles. The van der Waals surface area contributed by atoms with Crippen LogP contribution in [0.5, 0.6) is 0 Å². The zero-order valence-corrected chi connectivity index (χ0v) is 28.5. The Kier molecular flexibility index (Phi) is 7.18. The van der Waals surface area contributed by atoms with E-state index in [0.717, 1.165) is 22.7 Å². The summed E-state index contributed by atoms with van der Waals surface area (Å²) in [5.74, 6) is 0. The van der Waals surface area contributed by atoms with Crippen molar-refractivity contribution in [1.29, 1.82) is 0 Å². The first kappa shape index (κ1) is 30.0. The minimum Gasteiger partial charge on any atom is -0.310 e. The second kappa shape index (κ2) is 12.5. The van der Waals surface area contributed by atoms with E-state index < -0.39 is 0 Å². The largest absolute Gasteiger partial charge is 0.310 e. The molecule has 9 aromatic carbocycles. The highest BCUT2D eigenvalue weighted by Crippen LogP contribution is 2.40. The summed E-state index contributed by atoms with van der Waals surface area (Å²) < 4.78 is 2.38. The summed E-state index contributed by atoms with van der Waals surface area (Å²) in [5.41, 5.74) is 11.7. The molecule has 0 aliphatic rings. The van der Waals surface area contributed by atoms with Gasteiger partial charge in [0.25, 0.3) is 0 Å². The third kappa shape index (κ3) is 5.21. The van der Waals surface area contributed by atoms with Gasteiger partial charge in [-0.2, -0.15) is 0 Å². The molecular formula is C50H34N2. The number of anilines is 3. The van der Waals surface area contributed by atoms with Gasteiger partial charge in [0.15, 0.2) is 0 Å². The first-order valence-corrected chi connectivity index (χ1v) is 17.8. The van der Waals surface area contributed by atoms with Gasteiger partial charge in [0.1, 0.15) is 0 Å². The third-order valence-corrected chi connectivity index (χ3v) is 10.3. The van der Waals surface area contributed by atoms with Crippen molar-refractivity contribution in [2.24, 2.45) is 0 Å². The van der Waals surface area contributed by atoms with Gasteiger partial charge in [-0.1, -0.05) is 133 Å². The zero-order valence-electron chi connectivity index (χ0n) is 28.5. The molecule has 10 aromatic rings. The molecule has 0 atom stereocenters. The molecule has 0 spiro atoms. The van der Waals surface area contributed by atoms with Crippen molar-refractivity contribution in [2.45, 2.75) is 0 Å². The summed E-state index contributed by atoms with van der Waals surface area (Å²) in [5, 5.41) is 7.50. The van der Waals surface area contributed by atoms with Crippen molar-refractivity contribution in [2.75, 3.05) is 4.90 Å². The molecule has 10 rings (SSSR count). The third-order valence-electron chi connectivity index (χ3n) is 10.3. The number of para-hydroxylation sites is 3. The van der Waals surface area contributed by atoms with Gasteiger partial charge >= 0.3 is 0 Å². The Morgan fingerprint density at radius 1 is 0.288 bits per heavy atom. The van der Waals surface area contributed by atoms with Crippen LogP contribution in [0, 0.1) is 0 Å². The Labute approximate surface area is 303 Å². The normalized spacial score (nSPS) is 11.5. The SMILES string of the molecule is c1ccc(N(c2ccc(-c3ccc4ccc(-c5ccc6ccccc6c5)cc4c3)cc2)c2ccc3c4ccccc4n(-c4ccccc4)c3c2)cc1. The molecule has 0 bridgehead atoms. The average Bonchev–Trinajstić information content (AvgIpc) is 3.55. The van der Waals surface area contributed by atoms with E-state index in [1.54, 1.807) is 0 Å². The van der Waals surface area contributed by atoms with Gasteiger partial charge in [-0.25, -0.2) is 0 Å². The van der Waals surface area contributed by atoms with Gasteiger partial charge in [-0.15, -0.1) is 0 Å². The summed E-state index contributed by atoms with van der Waals surface area (Å²) in [7, 11) is 0. The maximum absolute atomic E-state index is 2.38. The van der Waals surface area contributed by atoms with Crippen LogP contribution in [0.3, 0.4) is 0 Å². The lowest BCUT2D eigenvalue weighted by Gasteiger charge is -2.26.